The van der Waals surface area contributed by atoms with Crippen molar-refractivity contribution in [1.29, 1.82) is 0 Å². The molecule has 5 heteroatoms. The summed E-state index contributed by atoms with van der Waals surface area (Å²) in [5.41, 5.74) is 5.31. The molecule has 3 N–H and O–H groups in total. The Bertz CT molecular complexity index is 202. The van der Waals surface area contributed by atoms with Gasteiger partial charge in [0.1, 0.15) is 0 Å². The minimum Gasteiger partial charge on any atom is -0.393 e. The van der Waals surface area contributed by atoms with Gasteiger partial charge in [0.15, 0.2) is 0 Å². The number of hydrogen-bond donors (Lipinski definition) is 2. The first-order valence-corrected chi connectivity index (χ1v) is 5.83. The number of carbonyl (C=O) groups is 1. The normalized spacial score (nSPS) is 21.4. The Balaban J connectivity index is 2.13. The van der Waals surface area contributed by atoms with Crippen molar-refractivity contribution in [2.24, 2.45) is 5.73 Å². The summed E-state index contributed by atoms with van der Waals surface area (Å²) in [4.78, 5) is 11.9. The number of carbonyl (C=O) groups excluding carboxylic acids is 1. The Kier molecular flexibility index (Phi) is 4.52. The molecule has 3 nitrogen and oxygen atoms in total. The van der Waals surface area contributed by atoms with Gasteiger partial charge in [-0.2, -0.15) is 0 Å². The summed E-state index contributed by atoms with van der Waals surface area (Å²) < 4.78 is 0. The van der Waals surface area contributed by atoms with Gasteiger partial charge in [-0.05, 0) is 18.6 Å². The SMILES string of the molecule is NC(=S)CCNC(=O)C1CCCS1. The van der Waals surface area contributed by atoms with Gasteiger partial charge in [0.2, 0.25) is 5.91 Å². The van der Waals surface area contributed by atoms with Crippen LogP contribution < -0.4 is 11.1 Å². The van der Waals surface area contributed by atoms with Crippen LogP contribution in [0, 0.1) is 0 Å². The predicted octanol–water partition coefficient (Wildman–Crippen LogP) is 0.674. The topological polar surface area (TPSA) is 55.1 Å². The molecule has 1 rings (SSSR count). The molecule has 0 saturated carbocycles. The van der Waals surface area contributed by atoms with E-state index < -0.39 is 0 Å². The molecule has 1 saturated heterocycles. The molecule has 1 heterocycles. The van der Waals surface area contributed by atoms with Crippen LogP contribution in [0.15, 0.2) is 0 Å². The van der Waals surface area contributed by atoms with Crippen molar-refractivity contribution in [3.8, 4) is 0 Å². The first-order valence-electron chi connectivity index (χ1n) is 4.38. The summed E-state index contributed by atoms with van der Waals surface area (Å²) in [5.74, 6) is 1.24. The molecule has 1 aliphatic heterocycles. The van der Waals surface area contributed by atoms with Crippen LogP contribution in [0.1, 0.15) is 19.3 Å². The zero-order valence-corrected chi connectivity index (χ0v) is 9.05. The third-order valence-corrected chi connectivity index (χ3v) is 3.47. The van der Waals surface area contributed by atoms with Crippen molar-refractivity contribution in [3.63, 3.8) is 0 Å². The van der Waals surface area contributed by atoms with E-state index in [4.69, 9.17) is 18.0 Å². The highest BCUT2D eigenvalue weighted by Gasteiger charge is 2.22. The molecular formula is C8H14N2OS2. The molecule has 0 aromatic carbocycles. The lowest BCUT2D eigenvalue weighted by Gasteiger charge is -2.08. The minimum absolute atomic E-state index is 0.138. The van der Waals surface area contributed by atoms with E-state index >= 15 is 0 Å². The lowest BCUT2D eigenvalue weighted by molar-refractivity contribution is -0.120. The molecule has 0 bridgehead atoms. The molecule has 74 valence electrons. The molecule has 0 aliphatic carbocycles. The zero-order chi connectivity index (χ0) is 9.68. The van der Waals surface area contributed by atoms with Gasteiger partial charge in [0.25, 0.3) is 0 Å². The molecule has 1 amide bonds. The van der Waals surface area contributed by atoms with Gasteiger partial charge in [-0.1, -0.05) is 12.2 Å². The highest BCUT2D eigenvalue weighted by atomic mass is 32.2. The minimum atomic E-state index is 0.138. The van der Waals surface area contributed by atoms with Crippen LogP contribution in [0.25, 0.3) is 0 Å². The van der Waals surface area contributed by atoms with E-state index in [-0.39, 0.29) is 11.2 Å². The van der Waals surface area contributed by atoms with Gasteiger partial charge < -0.3 is 11.1 Å². The van der Waals surface area contributed by atoms with Crippen molar-refractivity contribution in [2.75, 3.05) is 12.3 Å². The lowest BCUT2D eigenvalue weighted by atomic mass is 10.2. The second-order valence-corrected chi connectivity index (χ2v) is 4.84. The maximum absolute atomic E-state index is 11.4. The van der Waals surface area contributed by atoms with Crippen LogP contribution in [0.5, 0.6) is 0 Å². The van der Waals surface area contributed by atoms with E-state index in [2.05, 4.69) is 5.32 Å². The fraction of sp³-hybridized carbons (Fsp3) is 0.750. The molecule has 0 radical (unpaired) electrons. The van der Waals surface area contributed by atoms with E-state index in [9.17, 15) is 4.79 Å². The predicted molar refractivity (Wildman–Crippen MR) is 59.9 cm³/mol. The Labute approximate surface area is 87.8 Å². The second kappa shape index (κ2) is 5.44. The van der Waals surface area contributed by atoms with Gasteiger partial charge in [0, 0.05) is 13.0 Å². The highest BCUT2D eigenvalue weighted by Crippen LogP contribution is 2.25. The average Bonchev–Trinajstić information content (AvgIpc) is 2.55. The summed E-state index contributed by atoms with van der Waals surface area (Å²) >= 11 is 6.44. The van der Waals surface area contributed by atoms with E-state index in [0.717, 1.165) is 18.6 Å². The summed E-state index contributed by atoms with van der Waals surface area (Å²) in [6.07, 6.45) is 2.75. The molecule has 0 aromatic heterocycles. The maximum atomic E-state index is 11.4. The largest absolute Gasteiger partial charge is 0.393 e. The first kappa shape index (κ1) is 10.8. The van der Waals surface area contributed by atoms with E-state index in [0.29, 0.717) is 18.0 Å². The molecular weight excluding hydrogens is 204 g/mol. The van der Waals surface area contributed by atoms with Crippen molar-refractivity contribution >= 4 is 34.9 Å². The Morgan fingerprint density at radius 3 is 3.00 bits per heavy atom. The fourth-order valence-electron chi connectivity index (χ4n) is 1.21. The quantitative estimate of drug-likeness (QED) is 0.681. The van der Waals surface area contributed by atoms with Crippen LogP contribution in [0.4, 0.5) is 0 Å². The van der Waals surface area contributed by atoms with E-state index in [1.165, 1.54) is 0 Å². The number of rotatable bonds is 4. The fourth-order valence-corrected chi connectivity index (χ4v) is 2.50. The third-order valence-electron chi connectivity index (χ3n) is 1.89. The van der Waals surface area contributed by atoms with Crippen LogP contribution >= 0.6 is 24.0 Å². The molecule has 1 atom stereocenters. The molecule has 0 spiro atoms. The molecule has 1 unspecified atom stereocenters. The molecule has 1 fully saturated rings. The molecule has 0 aromatic rings. The van der Waals surface area contributed by atoms with Crippen molar-refractivity contribution < 1.29 is 4.79 Å². The smallest absolute Gasteiger partial charge is 0.233 e. The Morgan fingerprint density at radius 1 is 1.69 bits per heavy atom. The second-order valence-electron chi connectivity index (χ2n) is 3.01. The van der Waals surface area contributed by atoms with Crippen molar-refractivity contribution in [3.05, 3.63) is 0 Å². The lowest BCUT2D eigenvalue weighted by Crippen LogP contribution is -2.33. The average molecular weight is 218 g/mol. The molecule has 1 aliphatic rings. The van der Waals surface area contributed by atoms with Gasteiger partial charge >= 0.3 is 0 Å². The summed E-state index contributed by atoms with van der Waals surface area (Å²) in [6.45, 7) is 0.575. The van der Waals surface area contributed by atoms with Gasteiger partial charge in [-0.25, -0.2) is 0 Å². The van der Waals surface area contributed by atoms with Gasteiger partial charge in [-0.15, -0.1) is 11.8 Å². The molecule has 13 heavy (non-hydrogen) atoms. The summed E-state index contributed by atoms with van der Waals surface area (Å²) in [6, 6.07) is 0. The summed E-state index contributed by atoms with van der Waals surface area (Å²) in [5, 5.41) is 2.99. The standard InChI is InChI=1S/C8H14N2OS2/c9-7(12)3-4-10-8(11)6-2-1-5-13-6/h6H,1-5H2,(H2,9,12)(H,10,11). The Hall–Kier alpha value is -0.290. The number of hydrogen-bond acceptors (Lipinski definition) is 3. The number of nitrogens with two attached hydrogens (primary N) is 1. The number of amides is 1. The maximum Gasteiger partial charge on any atom is 0.233 e. The van der Waals surface area contributed by atoms with Gasteiger partial charge in [-0.3, -0.25) is 4.79 Å². The van der Waals surface area contributed by atoms with Crippen LogP contribution in [0.3, 0.4) is 0 Å². The number of thiocarbonyl (C=S) groups is 1. The number of thioether (sulfide) groups is 1. The third kappa shape index (κ3) is 3.95. The van der Waals surface area contributed by atoms with E-state index in [1.54, 1.807) is 11.8 Å². The highest BCUT2D eigenvalue weighted by molar-refractivity contribution is 8.00. The summed E-state index contributed by atoms with van der Waals surface area (Å²) in [7, 11) is 0. The first-order chi connectivity index (χ1) is 6.20. The Morgan fingerprint density at radius 2 is 2.46 bits per heavy atom. The van der Waals surface area contributed by atoms with Crippen LogP contribution in [-0.2, 0) is 4.79 Å². The van der Waals surface area contributed by atoms with Crippen LogP contribution in [-0.4, -0.2) is 28.4 Å². The monoisotopic (exact) mass is 218 g/mol. The number of nitrogens with one attached hydrogen (secondary N) is 1. The van der Waals surface area contributed by atoms with Crippen molar-refractivity contribution in [2.45, 2.75) is 24.5 Å². The van der Waals surface area contributed by atoms with Crippen LogP contribution in [0.2, 0.25) is 0 Å². The van der Waals surface area contributed by atoms with Gasteiger partial charge in [0.05, 0.1) is 10.2 Å². The zero-order valence-electron chi connectivity index (χ0n) is 7.41. The van der Waals surface area contributed by atoms with Crippen molar-refractivity contribution in [1.82, 2.24) is 5.32 Å². The van der Waals surface area contributed by atoms with E-state index in [1.807, 2.05) is 0 Å².